The number of aromatic nitrogens is 1. The van der Waals surface area contributed by atoms with E-state index in [0.29, 0.717) is 56.5 Å². The number of rotatable bonds is 5. The van der Waals surface area contributed by atoms with Crippen molar-refractivity contribution < 1.29 is 32.6 Å². The standard InChI is InChI=1S/C28H34F3N5O4/c1-18-2-3-21(32-27(39)35-7-6-19(16-35)15-28(29,30)31)14-23(18)20-12-24(34-8-10-40-11-9-34)33-25(13-20)36-17-22(37)4-5-26(36)38/h2-3,12-14,19,22,37H,4-11,15-17H2,1H3,(H,32,39)/t19-,22?/m0/s1. The molecule has 1 unspecified atom stereocenters. The predicted octanol–water partition coefficient (Wildman–Crippen LogP) is 4.19. The highest BCUT2D eigenvalue weighted by Crippen LogP contribution is 2.34. The van der Waals surface area contributed by atoms with Crippen molar-refractivity contribution in [3.8, 4) is 11.1 Å². The molecule has 5 rings (SSSR count). The zero-order chi connectivity index (χ0) is 28.4. The van der Waals surface area contributed by atoms with E-state index in [4.69, 9.17) is 9.72 Å². The lowest BCUT2D eigenvalue weighted by molar-refractivity contribution is -0.143. The maximum Gasteiger partial charge on any atom is 0.389 e. The van der Waals surface area contributed by atoms with Crippen LogP contribution in [0.15, 0.2) is 30.3 Å². The molecule has 0 radical (unpaired) electrons. The molecule has 3 aliphatic heterocycles. The second kappa shape index (κ2) is 11.6. The normalized spacial score (nSPS) is 22.1. The number of hydrogen-bond donors (Lipinski definition) is 2. The number of morpholine rings is 1. The van der Waals surface area contributed by atoms with Gasteiger partial charge in [0.1, 0.15) is 11.6 Å². The molecule has 4 heterocycles. The molecule has 0 saturated carbocycles. The lowest BCUT2D eigenvalue weighted by Crippen LogP contribution is -2.43. The van der Waals surface area contributed by atoms with E-state index < -0.39 is 30.7 Å². The summed E-state index contributed by atoms with van der Waals surface area (Å²) in [5.41, 5.74) is 3.05. The van der Waals surface area contributed by atoms with Crippen molar-refractivity contribution in [2.45, 2.75) is 44.9 Å². The summed E-state index contributed by atoms with van der Waals surface area (Å²) >= 11 is 0. The van der Waals surface area contributed by atoms with Crippen molar-refractivity contribution in [3.63, 3.8) is 0 Å². The van der Waals surface area contributed by atoms with Gasteiger partial charge in [0.15, 0.2) is 0 Å². The number of carbonyl (C=O) groups is 2. The molecule has 2 aromatic rings. The third-order valence-electron chi connectivity index (χ3n) is 7.69. The minimum atomic E-state index is -4.25. The minimum absolute atomic E-state index is 0.0659. The monoisotopic (exact) mass is 561 g/mol. The molecule has 9 nitrogen and oxygen atoms in total. The Balaban J connectivity index is 1.41. The van der Waals surface area contributed by atoms with Gasteiger partial charge in [-0.15, -0.1) is 0 Å². The fraction of sp³-hybridized carbons (Fsp3) is 0.536. The Labute approximate surface area is 230 Å². The van der Waals surface area contributed by atoms with Gasteiger partial charge >= 0.3 is 12.2 Å². The molecule has 216 valence electrons. The van der Waals surface area contributed by atoms with Crippen LogP contribution in [-0.4, -0.2) is 85.1 Å². The van der Waals surface area contributed by atoms with Crippen LogP contribution in [0.1, 0.15) is 31.2 Å². The van der Waals surface area contributed by atoms with Gasteiger partial charge in [-0.2, -0.15) is 13.2 Å². The fourth-order valence-electron chi connectivity index (χ4n) is 5.52. The van der Waals surface area contributed by atoms with Crippen molar-refractivity contribution in [1.82, 2.24) is 9.88 Å². The summed E-state index contributed by atoms with van der Waals surface area (Å²) in [5.74, 6) is 0.439. The first-order valence-electron chi connectivity index (χ1n) is 13.6. The van der Waals surface area contributed by atoms with Crippen LogP contribution < -0.4 is 15.1 Å². The highest BCUT2D eigenvalue weighted by atomic mass is 19.4. The second-order valence-electron chi connectivity index (χ2n) is 10.7. The molecule has 1 aromatic carbocycles. The SMILES string of the molecule is Cc1ccc(NC(=O)N2CC[C@@H](CC(F)(F)F)C2)cc1-c1cc(N2CCOCC2)nc(N2CC(O)CCC2=O)c1. The predicted molar refractivity (Wildman–Crippen MR) is 144 cm³/mol. The van der Waals surface area contributed by atoms with Crippen molar-refractivity contribution in [3.05, 3.63) is 35.9 Å². The number of pyridine rings is 1. The molecule has 0 bridgehead atoms. The van der Waals surface area contributed by atoms with E-state index in [1.54, 1.807) is 6.07 Å². The van der Waals surface area contributed by atoms with Crippen molar-refractivity contribution in [2.24, 2.45) is 5.92 Å². The Morgan fingerprint density at radius 1 is 1.10 bits per heavy atom. The van der Waals surface area contributed by atoms with Gasteiger partial charge in [0, 0.05) is 44.7 Å². The van der Waals surface area contributed by atoms with Crippen LogP contribution in [0.4, 0.5) is 35.3 Å². The lowest BCUT2D eigenvalue weighted by atomic mass is 9.99. The lowest BCUT2D eigenvalue weighted by Gasteiger charge is -2.32. The van der Waals surface area contributed by atoms with Crippen LogP contribution in [0.3, 0.4) is 0 Å². The van der Waals surface area contributed by atoms with Gasteiger partial charge in [-0.05, 0) is 66.6 Å². The van der Waals surface area contributed by atoms with E-state index in [-0.39, 0.29) is 32.0 Å². The molecule has 3 fully saturated rings. The Morgan fingerprint density at radius 2 is 1.85 bits per heavy atom. The molecule has 3 amide bonds. The number of nitrogens with zero attached hydrogens (tertiary/aromatic N) is 4. The largest absolute Gasteiger partial charge is 0.391 e. The maximum atomic E-state index is 12.9. The summed E-state index contributed by atoms with van der Waals surface area (Å²) in [7, 11) is 0. The molecule has 40 heavy (non-hydrogen) atoms. The number of carbonyl (C=O) groups excluding carboxylic acids is 2. The second-order valence-corrected chi connectivity index (χ2v) is 10.7. The Kier molecular flexibility index (Phi) is 8.18. The number of likely N-dealkylation sites (tertiary alicyclic amines) is 1. The third-order valence-corrected chi connectivity index (χ3v) is 7.69. The van der Waals surface area contributed by atoms with Crippen LogP contribution in [0, 0.1) is 12.8 Å². The van der Waals surface area contributed by atoms with Crippen molar-refractivity contribution in [1.29, 1.82) is 0 Å². The molecule has 0 spiro atoms. The molecule has 12 heteroatoms. The van der Waals surface area contributed by atoms with E-state index >= 15 is 0 Å². The van der Waals surface area contributed by atoms with Crippen LogP contribution >= 0.6 is 0 Å². The first-order chi connectivity index (χ1) is 19.1. The first kappa shape index (κ1) is 28.2. The van der Waals surface area contributed by atoms with Crippen LogP contribution in [0.25, 0.3) is 11.1 Å². The quantitative estimate of drug-likeness (QED) is 0.568. The third kappa shape index (κ3) is 6.67. The van der Waals surface area contributed by atoms with E-state index in [1.807, 2.05) is 31.2 Å². The van der Waals surface area contributed by atoms with Crippen LogP contribution in [0.2, 0.25) is 0 Å². The van der Waals surface area contributed by atoms with Crippen molar-refractivity contribution in [2.75, 3.05) is 61.1 Å². The molecule has 3 aliphatic rings. The highest BCUT2D eigenvalue weighted by Gasteiger charge is 2.36. The number of β-amino-alcohol motifs (C(OH)–C–C–N with tert-alkyl or cyclic N) is 1. The highest BCUT2D eigenvalue weighted by molar-refractivity contribution is 5.95. The summed E-state index contributed by atoms with van der Waals surface area (Å²) in [6, 6.07) is 8.77. The number of halogens is 3. The zero-order valence-corrected chi connectivity index (χ0v) is 22.4. The van der Waals surface area contributed by atoms with Crippen LogP contribution in [-0.2, 0) is 9.53 Å². The van der Waals surface area contributed by atoms with Gasteiger partial charge in [-0.1, -0.05) is 6.07 Å². The maximum absolute atomic E-state index is 12.9. The molecular weight excluding hydrogens is 527 g/mol. The van der Waals surface area contributed by atoms with E-state index in [2.05, 4.69) is 10.2 Å². The van der Waals surface area contributed by atoms with Gasteiger partial charge in [0.25, 0.3) is 0 Å². The minimum Gasteiger partial charge on any atom is -0.391 e. The van der Waals surface area contributed by atoms with Gasteiger partial charge in [0.2, 0.25) is 5.91 Å². The van der Waals surface area contributed by atoms with E-state index in [9.17, 15) is 27.9 Å². The van der Waals surface area contributed by atoms with Gasteiger partial charge < -0.3 is 25.0 Å². The molecule has 1 aromatic heterocycles. The average Bonchev–Trinajstić information content (AvgIpc) is 3.38. The number of aliphatic hydroxyl groups is 1. The summed E-state index contributed by atoms with van der Waals surface area (Å²) < 4.78 is 43.9. The smallest absolute Gasteiger partial charge is 0.389 e. The topological polar surface area (TPSA) is 98.2 Å². The number of urea groups is 1. The number of alkyl halides is 3. The number of amides is 3. The van der Waals surface area contributed by atoms with Crippen LogP contribution in [0.5, 0.6) is 0 Å². The molecule has 3 saturated heterocycles. The number of aliphatic hydroxyl groups excluding tert-OH is 1. The number of anilines is 3. The van der Waals surface area contributed by atoms with Gasteiger partial charge in [-0.25, -0.2) is 9.78 Å². The zero-order valence-electron chi connectivity index (χ0n) is 22.4. The molecule has 2 N–H and O–H groups in total. The summed E-state index contributed by atoms with van der Waals surface area (Å²) in [5, 5.41) is 13.1. The Hall–Kier alpha value is -3.38. The number of aryl methyl sites for hydroxylation is 1. The van der Waals surface area contributed by atoms with E-state index in [1.165, 1.54) is 9.80 Å². The summed E-state index contributed by atoms with van der Waals surface area (Å²) in [6.07, 6.45) is -4.79. The van der Waals surface area contributed by atoms with Crippen molar-refractivity contribution >= 4 is 29.3 Å². The summed E-state index contributed by atoms with van der Waals surface area (Å²) in [6.45, 7) is 4.85. The van der Waals surface area contributed by atoms with Gasteiger partial charge in [0.05, 0.1) is 25.9 Å². The number of nitrogens with one attached hydrogen (secondary N) is 1. The number of benzene rings is 1. The van der Waals surface area contributed by atoms with Gasteiger partial charge in [-0.3, -0.25) is 9.69 Å². The number of piperidine rings is 1. The number of ether oxygens (including phenoxy) is 1. The molecule has 0 aliphatic carbocycles. The Bertz CT molecular complexity index is 1250. The first-order valence-corrected chi connectivity index (χ1v) is 13.6. The van der Waals surface area contributed by atoms with E-state index in [0.717, 1.165) is 16.7 Å². The Morgan fingerprint density at radius 3 is 2.60 bits per heavy atom. The summed E-state index contributed by atoms with van der Waals surface area (Å²) in [4.78, 5) is 35.5. The average molecular weight is 562 g/mol. The number of hydrogen-bond acceptors (Lipinski definition) is 6. The molecular formula is C28H34F3N5O4. The molecule has 2 atom stereocenters. The fourth-order valence-corrected chi connectivity index (χ4v) is 5.52.